The summed E-state index contributed by atoms with van der Waals surface area (Å²) in [4.78, 5) is 17.0. The molecule has 1 heterocycles. The van der Waals surface area contributed by atoms with E-state index in [1.54, 1.807) is 18.3 Å². The number of anilines is 1. The summed E-state index contributed by atoms with van der Waals surface area (Å²) in [6.07, 6.45) is 6.61. The Bertz CT molecular complexity index is 1450. The van der Waals surface area contributed by atoms with Gasteiger partial charge in [-0.05, 0) is 110 Å². The minimum atomic E-state index is -1.03. The Balaban J connectivity index is 1.19. The van der Waals surface area contributed by atoms with Crippen molar-refractivity contribution in [1.29, 1.82) is 0 Å². The largest absolute Gasteiger partial charge is 0.493 e. The molecule has 4 atom stereocenters. The Kier molecular flexibility index (Phi) is 7.95. The summed E-state index contributed by atoms with van der Waals surface area (Å²) in [6, 6.07) is 17.9. The number of nitrogens with one attached hydrogen (secondary N) is 1. The van der Waals surface area contributed by atoms with Crippen molar-refractivity contribution >= 4 is 23.3 Å². The second-order valence-electron chi connectivity index (χ2n) is 12.9. The Morgan fingerprint density at radius 1 is 1.14 bits per heavy atom. The predicted molar refractivity (Wildman–Crippen MR) is 164 cm³/mol. The van der Waals surface area contributed by atoms with Crippen molar-refractivity contribution in [3.63, 3.8) is 0 Å². The number of halogens is 2. The van der Waals surface area contributed by atoms with Crippen LogP contribution in [0.1, 0.15) is 93.3 Å². The highest BCUT2D eigenvalue weighted by atomic mass is 35.5. The quantitative estimate of drug-likeness (QED) is 0.275. The third-order valence-electron chi connectivity index (χ3n) is 10.2. The molecule has 2 aromatic carbocycles. The number of fused-ring (bicyclic) bond motifs is 3. The molecule has 42 heavy (non-hydrogen) atoms. The summed E-state index contributed by atoms with van der Waals surface area (Å²) in [5.41, 5.74) is 3.88. The van der Waals surface area contributed by atoms with Crippen LogP contribution in [0, 0.1) is 11.8 Å². The summed E-state index contributed by atoms with van der Waals surface area (Å²) in [7, 11) is 0. The van der Waals surface area contributed by atoms with E-state index in [4.69, 9.17) is 16.3 Å². The van der Waals surface area contributed by atoms with E-state index in [0.29, 0.717) is 42.5 Å². The van der Waals surface area contributed by atoms with Crippen molar-refractivity contribution in [3.8, 4) is 5.75 Å². The van der Waals surface area contributed by atoms with Crippen molar-refractivity contribution in [2.45, 2.75) is 88.3 Å². The third-order valence-corrected chi connectivity index (χ3v) is 10.5. The van der Waals surface area contributed by atoms with E-state index in [1.165, 1.54) is 11.1 Å². The van der Waals surface area contributed by atoms with E-state index in [2.05, 4.69) is 48.4 Å². The van der Waals surface area contributed by atoms with E-state index < -0.39 is 17.7 Å². The first-order valence-corrected chi connectivity index (χ1v) is 15.7. The molecule has 1 fully saturated rings. The maximum atomic E-state index is 14.6. The molecule has 6 rings (SSSR count). The van der Waals surface area contributed by atoms with Gasteiger partial charge in [-0.15, -0.1) is 0 Å². The predicted octanol–water partition coefficient (Wildman–Crippen LogP) is 8.67. The maximum Gasteiger partial charge on any atom is 0.329 e. The SMILES string of the molecule is C[C@@H](COc1ccnc2c1[C@@H](C)CC[C@H]2F)C[C@H]1Cc2ccccc2C12CCC(Nc1cccc(Cl)c1)(C(=O)O)CC2. The second-order valence-corrected chi connectivity index (χ2v) is 13.4. The minimum Gasteiger partial charge on any atom is -0.493 e. The fourth-order valence-corrected chi connectivity index (χ4v) is 8.20. The molecule has 0 saturated heterocycles. The van der Waals surface area contributed by atoms with Crippen LogP contribution in [0.25, 0.3) is 0 Å². The highest BCUT2D eigenvalue weighted by Gasteiger charge is 2.54. The molecule has 222 valence electrons. The average molecular weight is 591 g/mol. The van der Waals surface area contributed by atoms with E-state index in [0.717, 1.165) is 49.1 Å². The van der Waals surface area contributed by atoms with Crippen LogP contribution in [-0.2, 0) is 16.6 Å². The van der Waals surface area contributed by atoms with E-state index >= 15 is 0 Å². The van der Waals surface area contributed by atoms with Gasteiger partial charge in [-0.25, -0.2) is 9.18 Å². The first-order valence-electron chi connectivity index (χ1n) is 15.3. The van der Waals surface area contributed by atoms with Gasteiger partial charge < -0.3 is 15.2 Å². The van der Waals surface area contributed by atoms with E-state index in [-0.39, 0.29) is 17.3 Å². The highest BCUT2D eigenvalue weighted by molar-refractivity contribution is 6.30. The number of aromatic nitrogens is 1. The molecule has 0 bridgehead atoms. The average Bonchev–Trinajstić information content (AvgIpc) is 3.27. The van der Waals surface area contributed by atoms with E-state index in [9.17, 15) is 14.3 Å². The number of alkyl halides is 1. The van der Waals surface area contributed by atoms with Gasteiger partial charge in [-0.2, -0.15) is 0 Å². The van der Waals surface area contributed by atoms with Gasteiger partial charge in [0.15, 0.2) is 0 Å². The molecular formula is C35H40ClFN2O3. The molecule has 0 amide bonds. The lowest BCUT2D eigenvalue weighted by Crippen LogP contribution is -2.53. The fourth-order valence-electron chi connectivity index (χ4n) is 8.01. The molecule has 0 aliphatic heterocycles. The number of benzene rings is 2. The van der Waals surface area contributed by atoms with Gasteiger partial charge in [0.1, 0.15) is 17.5 Å². The zero-order chi connectivity index (χ0) is 29.5. The monoisotopic (exact) mass is 590 g/mol. The molecule has 2 N–H and O–H groups in total. The Morgan fingerprint density at radius 2 is 1.93 bits per heavy atom. The van der Waals surface area contributed by atoms with Crippen molar-refractivity contribution in [3.05, 3.63) is 88.2 Å². The van der Waals surface area contributed by atoms with Gasteiger partial charge >= 0.3 is 5.97 Å². The number of carboxylic acids is 1. The molecule has 3 aliphatic rings. The van der Waals surface area contributed by atoms with Crippen LogP contribution in [-0.4, -0.2) is 28.2 Å². The molecule has 0 unspecified atom stereocenters. The molecule has 5 nitrogen and oxygen atoms in total. The summed E-state index contributed by atoms with van der Waals surface area (Å²) in [6.45, 7) is 4.92. The van der Waals surface area contributed by atoms with Gasteiger partial charge in [-0.3, -0.25) is 4.98 Å². The number of nitrogens with zero attached hydrogens (tertiary/aromatic N) is 1. The number of ether oxygens (including phenoxy) is 1. The maximum absolute atomic E-state index is 14.6. The van der Waals surface area contributed by atoms with Crippen molar-refractivity contribution in [2.24, 2.45) is 11.8 Å². The number of hydrogen-bond donors (Lipinski definition) is 2. The number of carbonyl (C=O) groups is 1. The number of pyridine rings is 1. The zero-order valence-electron chi connectivity index (χ0n) is 24.4. The van der Waals surface area contributed by atoms with Crippen molar-refractivity contribution < 1.29 is 19.0 Å². The minimum absolute atomic E-state index is 0.0639. The Hall–Kier alpha value is -3.12. The smallest absolute Gasteiger partial charge is 0.329 e. The molecule has 7 heteroatoms. The van der Waals surface area contributed by atoms with Crippen molar-refractivity contribution in [1.82, 2.24) is 4.98 Å². The standard InChI is InChI=1S/C35H40ClFN2O3/c1-22(21-42-30-12-17-38-32-29(37)11-10-23(2)31(30)32)18-25-19-24-6-3-4-9-28(24)34(25)13-15-35(16-14-34,33(40)41)39-27-8-5-7-26(36)20-27/h3-9,12,17,20,22-23,25,29,39H,10-11,13-16,18-19,21H2,1-2H3,(H,40,41)/t22-,23+,25+,29-,34?,35?/m1/s1. The summed E-state index contributed by atoms with van der Waals surface area (Å²) in [5, 5.41) is 14.4. The molecule has 1 spiro atoms. The van der Waals surface area contributed by atoms with Gasteiger partial charge in [0, 0.05) is 22.5 Å². The fraction of sp³-hybridized carbons (Fsp3) is 0.486. The molecule has 3 aromatic rings. The summed E-state index contributed by atoms with van der Waals surface area (Å²) in [5.74, 6) is 0.859. The molecule has 3 aliphatic carbocycles. The Labute approximate surface area is 252 Å². The van der Waals surface area contributed by atoms with Gasteiger partial charge in [0.05, 0.1) is 12.3 Å². The Morgan fingerprint density at radius 3 is 2.69 bits per heavy atom. The number of hydrogen-bond acceptors (Lipinski definition) is 4. The van der Waals surface area contributed by atoms with Crippen LogP contribution in [0.5, 0.6) is 5.75 Å². The lowest BCUT2D eigenvalue weighted by Gasteiger charge is -2.47. The molecule has 1 saturated carbocycles. The van der Waals surface area contributed by atoms with Crippen LogP contribution in [0.15, 0.2) is 60.8 Å². The molecular weight excluding hydrogens is 551 g/mol. The molecule has 1 aromatic heterocycles. The van der Waals surface area contributed by atoms with Crippen LogP contribution < -0.4 is 10.1 Å². The van der Waals surface area contributed by atoms with Crippen LogP contribution in [0.2, 0.25) is 5.02 Å². The van der Waals surface area contributed by atoms with Gasteiger partial charge in [0.25, 0.3) is 0 Å². The number of aliphatic carboxylic acids is 1. The van der Waals surface area contributed by atoms with Gasteiger partial charge in [-0.1, -0.05) is 55.8 Å². The first-order chi connectivity index (χ1) is 20.2. The summed E-state index contributed by atoms with van der Waals surface area (Å²) >= 11 is 6.21. The van der Waals surface area contributed by atoms with Gasteiger partial charge in [0.2, 0.25) is 0 Å². The van der Waals surface area contributed by atoms with Crippen LogP contribution >= 0.6 is 11.6 Å². The lowest BCUT2D eigenvalue weighted by atomic mass is 9.59. The van der Waals surface area contributed by atoms with Crippen molar-refractivity contribution in [2.75, 3.05) is 11.9 Å². The second kappa shape index (κ2) is 11.5. The van der Waals surface area contributed by atoms with Crippen LogP contribution in [0.3, 0.4) is 0 Å². The number of rotatable bonds is 8. The summed E-state index contributed by atoms with van der Waals surface area (Å²) < 4.78 is 21.0. The highest BCUT2D eigenvalue weighted by Crippen LogP contribution is 2.56. The lowest BCUT2D eigenvalue weighted by molar-refractivity contribution is -0.144. The van der Waals surface area contributed by atoms with E-state index in [1.807, 2.05) is 18.2 Å². The topological polar surface area (TPSA) is 71.5 Å². The third kappa shape index (κ3) is 5.27. The number of carboxylic acid groups (broad SMARTS) is 1. The van der Waals surface area contributed by atoms with Crippen LogP contribution in [0.4, 0.5) is 10.1 Å². The first kappa shape index (κ1) is 29.0. The molecule has 0 radical (unpaired) electrons. The normalized spacial score (nSPS) is 29.0. The zero-order valence-corrected chi connectivity index (χ0v) is 25.2.